The molecular formula is C13H14FN3O2. The third kappa shape index (κ3) is 2.78. The predicted molar refractivity (Wildman–Crippen MR) is 67.2 cm³/mol. The van der Waals surface area contributed by atoms with Crippen molar-refractivity contribution < 1.29 is 14.3 Å². The molecule has 0 amide bonds. The molecule has 0 spiro atoms. The van der Waals surface area contributed by atoms with Crippen molar-refractivity contribution in [1.29, 1.82) is 0 Å². The van der Waals surface area contributed by atoms with Gasteiger partial charge in [-0.05, 0) is 31.5 Å². The van der Waals surface area contributed by atoms with E-state index in [-0.39, 0.29) is 12.4 Å². The first-order valence-corrected chi connectivity index (χ1v) is 5.93. The molecule has 2 aromatic rings. The van der Waals surface area contributed by atoms with Gasteiger partial charge in [-0.3, -0.25) is 9.48 Å². The topological polar surface area (TPSA) is 68.0 Å². The van der Waals surface area contributed by atoms with Crippen LogP contribution in [0, 0.1) is 12.7 Å². The fourth-order valence-electron chi connectivity index (χ4n) is 1.82. The molecule has 100 valence electrons. The number of carboxylic acid groups (broad SMARTS) is 1. The maximum absolute atomic E-state index is 13.2. The highest BCUT2D eigenvalue weighted by Crippen LogP contribution is 2.19. The van der Waals surface area contributed by atoms with Gasteiger partial charge in [-0.2, -0.15) is 5.10 Å². The number of halogens is 1. The summed E-state index contributed by atoms with van der Waals surface area (Å²) in [7, 11) is 0. The first-order valence-electron chi connectivity index (χ1n) is 5.93. The lowest BCUT2D eigenvalue weighted by Crippen LogP contribution is -2.12. The number of nitrogens with zero attached hydrogens (tertiary/aromatic N) is 3. The second kappa shape index (κ2) is 5.17. The lowest BCUT2D eigenvalue weighted by Gasteiger charge is -2.01. The van der Waals surface area contributed by atoms with Crippen molar-refractivity contribution in [2.24, 2.45) is 0 Å². The van der Waals surface area contributed by atoms with Crippen molar-refractivity contribution in [3.05, 3.63) is 35.4 Å². The molecular weight excluding hydrogens is 249 g/mol. The largest absolute Gasteiger partial charge is 0.480 e. The molecule has 0 aromatic carbocycles. The molecule has 0 fully saturated rings. The highest BCUT2D eigenvalue weighted by atomic mass is 19.1. The van der Waals surface area contributed by atoms with Crippen LogP contribution in [0.3, 0.4) is 0 Å². The standard InChI is InChI=1S/C13H14FN3O2/c1-3-9-6-12(16-17(9)7-13(18)19)11-5-4-10(14)8(2)15-11/h4-6H,3,7H2,1-2H3,(H,18,19). The van der Waals surface area contributed by atoms with Gasteiger partial charge in [0, 0.05) is 5.69 Å². The van der Waals surface area contributed by atoms with E-state index in [4.69, 9.17) is 5.11 Å². The monoisotopic (exact) mass is 263 g/mol. The van der Waals surface area contributed by atoms with Gasteiger partial charge in [0.05, 0.1) is 11.4 Å². The molecule has 1 N–H and O–H groups in total. The first-order chi connectivity index (χ1) is 9.01. The number of pyridine rings is 1. The summed E-state index contributed by atoms with van der Waals surface area (Å²) in [5.41, 5.74) is 2.20. The van der Waals surface area contributed by atoms with Crippen molar-refractivity contribution in [3.8, 4) is 11.4 Å². The van der Waals surface area contributed by atoms with Crippen molar-refractivity contribution >= 4 is 5.97 Å². The summed E-state index contributed by atoms with van der Waals surface area (Å²) < 4.78 is 14.6. The van der Waals surface area contributed by atoms with Gasteiger partial charge in [0.1, 0.15) is 18.1 Å². The maximum atomic E-state index is 13.2. The van der Waals surface area contributed by atoms with Gasteiger partial charge >= 0.3 is 5.97 Å². The lowest BCUT2D eigenvalue weighted by molar-refractivity contribution is -0.137. The molecule has 0 unspecified atom stereocenters. The highest BCUT2D eigenvalue weighted by molar-refractivity contribution is 5.67. The van der Waals surface area contributed by atoms with Crippen LogP contribution >= 0.6 is 0 Å². The molecule has 2 rings (SSSR count). The van der Waals surface area contributed by atoms with E-state index in [1.807, 2.05) is 6.92 Å². The molecule has 2 aromatic heterocycles. The van der Waals surface area contributed by atoms with Gasteiger partial charge in [0.25, 0.3) is 0 Å². The Morgan fingerprint density at radius 1 is 1.42 bits per heavy atom. The summed E-state index contributed by atoms with van der Waals surface area (Å²) in [6.07, 6.45) is 0.667. The van der Waals surface area contributed by atoms with Gasteiger partial charge in [0.2, 0.25) is 0 Å². The van der Waals surface area contributed by atoms with E-state index >= 15 is 0 Å². The summed E-state index contributed by atoms with van der Waals surface area (Å²) >= 11 is 0. The van der Waals surface area contributed by atoms with Crippen LogP contribution in [0.15, 0.2) is 18.2 Å². The van der Waals surface area contributed by atoms with Crippen LogP contribution in [-0.2, 0) is 17.8 Å². The fraction of sp³-hybridized carbons (Fsp3) is 0.308. The minimum atomic E-state index is -0.951. The molecule has 6 heteroatoms. The van der Waals surface area contributed by atoms with Gasteiger partial charge in [0.15, 0.2) is 0 Å². The van der Waals surface area contributed by atoms with Crippen LogP contribution < -0.4 is 0 Å². The second-order valence-corrected chi connectivity index (χ2v) is 4.19. The Kier molecular flexibility index (Phi) is 3.59. The van der Waals surface area contributed by atoms with Crippen LogP contribution in [0.4, 0.5) is 4.39 Å². The summed E-state index contributed by atoms with van der Waals surface area (Å²) in [6.45, 7) is 3.31. The third-order valence-electron chi connectivity index (χ3n) is 2.79. The Morgan fingerprint density at radius 3 is 2.74 bits per heavy atom. The summed E-state index contributed by atoms with van der Waals surface area (Å²) in [5, 5.41) is 13.0. The number of aryl methyl sites for hydroxylation is 2. The maximum Gasteiger partial charge on any atom is 0.325 e. The third-order valence-corrected chi connectivity index (χ3v) is 2.79. The van der Waals surface area contributed by atoms with Crippen molar-refractivity contribution in [1.82, 2.24) is 14.8 Å². The molecule has 0 saturated heterocycles. The Labute approximate surface area is 109 Å². The highest BCUT2D eigenvalue weighted by Gasteiger charge is 2.12. The number of hydrogen-bond donors (Lipinski definition) is 1. The fourth-order valence-corrected chi connectivity index (χ4v) is 1.82. The van der Waals surface area contributed by atoms with Crippen molar-refractivity contribution in [2.75, 3.05) is 0 Å². The minimum Gasteiger partial charge on any atom is -0.480 e. The first kappa shape index (κ1) is 13.2. The number of hydrogen-bond acceptors (Lipinski definition) is 3. The van der Waals surface area contributed by atoms with E-state index in [1.54, 1.807) is 13.0 Å². The predicted octanol–water partition coefficient (Wildman–Crippen LogP) is 2.04. The van der Waals surface area contributed by atoms with Crippen LogP contribution in [0.5, 0.6) is 0 Å². The molecule has 0 aliphatic carbocycles. The van der Waals surface area contributed by atoms with Crippen LogP contribution in [0.1, 0.15) is 18.3 Å². The Hall–Kier alpha value is -2.24. The molecule has 0 aliphatic rings. The molecule has 2 heterocycles. The Morgan fingerprint density at radius 2 is 2.16 bits per heavy atom. The van der Waals surface area contributed by atoms with E-state index in [1.165, 1.54) is 16.8 Å². The van der Waals surface area contributed by atoms with E-state index in [9.17, 15) is 9.18 Å². The molecule has 5 nitrogen and oxygen atoms in total. The summed E-state index contributed by atoms with van der Waals surface area (Å²) in [4.78, 5) is 14.9. The normalized spacial score (nSPS) is 10.7. The molecule has 19 heavy (non-hydrogen) atoms. The molecule has 0 atom stereocenters. The van der Waals surface area contributed by atoms with Gasteiger partial charge in [-0.15, -0.1) is 0 Å². The van der Waals surface area contributed by atoms with E-state index in [0.29, 0.717) is 23.5 Å². The number of aliphatic carboxylic acids is 1. The molecule has 0 bridgehead atoms. The summed E-state index contributed by atoms with van der Waals surface area (Å²) in [5.74, 6) is -1.32. The number of carboxylic acids is 1. The average Bonchev–Trinajstić information content (AvgIpc) is 2.75. The zero-order valence-electron chi connectivity index (χ0n) is 10.7. The zero-order valence-corrected chi connectivity index (χ0v) is 10.7. The second-order valence-electron chi connectivity index (χ2n) is 4.19. The van der Waals surface area contributed by atoms with Gasteiger partial charge in [-0.1, -0.05) is 6.92 Å². The molecule has 0 aliphatic heterocycles. The van der Waals surface area contributed by atoms with E-state index in [0.717, 1.165) is 5.69 Å². The Balaban J connectivity index is 2.42. The number of aromatic nitrogens is 3. The van der Waals surface area contributed by atoms with Crippen LogP contribution in [0.25, 0.3) is 11.4 Å². The van der Waals surface area contributed by atoms with Crippen LogP contribution in [-0.4, -0.2) is 25.8 Å². The smallest absolute Gasteiger partial charge is 0.325 e. The number of rotatable bonds is 4. The quantitative estimate of drug-likeness (QED) is 0.916. The average molecular weight is 263 g/mol. The van der Waals surface area contributed by atoms with Gasteiger partial charge in [-0.25, -0.2) is 9.37 Å². The number of carbonyl (C=O) groups is 1. The Bertz CT molecular complexity index is 622. The van der Waals surface area contributed by atoms with Crippen molar-refractivity contribution in [3.63, 3.8) is 0 Å². The molecule has 0 saturated carbocycles. The lowest BCUT2D eigenvalue weighted by atomic mass is 10.2. The van der Waals surface area contributed by atoms with Crippen molar-refractivity contribution in [2.45, 2.75) is 26.8 Å². The molecule has 0 radical (unpaired) electrons. The zero-order chi connectivity index (χ0) is 14.0. The summed E-state index contributed by atoms with van der Waals surface area (Å²) in [6, 6.07) is 4.65. The van der Waals surface area contributed by atoms with E-state index < -0.39 is 5.97 Å². The SMILES string of the molecule is CCc1cc(-c2ccc(F)c(C)n2)nn1CC(=O)O. The van der Waals surface area contributed by atoms with E-state index in [2.05, 4.69) is 10.1 Å². The van der Waals surface area contributed by atoms with Crippen LogP contribution in [0.2, 0.25) is 0 Å². The van der Waals surface area contributed by atoms with Gasteiger partial charge < -0.3 is 5.11 Å². The minimum absolute atomic E-state index is 0.191.